The summed E-state index contributed by atoms with van der Waals surface area (Å²) in [6.07, 6.45) is 0. The van der Waals surface area contributed by atoms with Crippen LogP contribution in [0.3, 0.4) is 0 Å². The van der Waals surface area contributed by atoms with Crippen LogP contribution in [0.1, 0.15) is 5.56 Å². The largest absolute Gasteiger partial charge is 0.508 e. The van der Waals surface area contributed by atoms with Crippen molar-refractivity contribution >= 4 is 28.3 Å². The molecular weight excluding hydrogens is 332 g/mol. The Hall–Kier alpha value is -1.30. The first-order valence-electron chi connectivity index (χ1n) is 5.11. The van der Waals surface area contributed by atoms with Gasteiger partial charge in [0, 0.05) is 21.9 Å². The van der Waals surface area contributed by atoms with Gasteiger partial charge in [0.05, 0.1) is 0 Å². The predicted octanol–water partition coefficient (Wildman–Crippen LogP) is 3.75. The fourth-order valence-electron chi connectivity index (χ4n) is 1.54. The van der Waals surface area contributed by atoms with Crippen LogP contribution in [0.15, 0.2) is 42.5 Å². The summed E-state index contributed by atoms with van der Waals surface area (Å²) in [5, 5.41) is 12.4. The molecule has 2 N–H and O–H groups in total. The van der Waals surface area contributed by atoms with Gasteiger partial charge in [-0.2, -0.15) is 0 Å². The number of nitrogens with one attached hydrogen (secondary N) is 1. The monoisotopic (exact) mass is 343 g/mol. The zero-order chi connectivity index (χ0) is 12.3. The van der Waals surface area contributed by atoms with Gasteiger partial charge in [-0.1, -0.05) is 6.07 Å². The Kier molecular flexibility index (Phi) is 3.83. The maximum Gasteiger partial charge on any atom is 0.127 e. The van der Waals surface area contributed by atoms with E-state index in [2.05, 4.69) is 27.9 Å². The van der Waals surface area contributed by atoms with Crippen LogP contribution in [0.5, 0.6) is 5.75 Å². The van der Waals surface area contributed by atoms with Crippen LogP contribution in [-0.2, 0) is 6.54 Å². The lowest BCUT2D eigenvalue weighted by atomic mass is 10.2. The number of rotatable bonds is 3. The smallest absolute Gasteiger partial charge is 0.127 e. The lowest BCUT2D eigenvalue weighted by molar-refractivity contribution is 0.468. The summed E-state index contributed by atoms with van der Waals surface area (Å²) in [7, 11) is 0. The highest BCUT2D eigenvalue weighted by molar-refractivity contribution is 14.1. The summed E-state index contributed by atoms with van der Waals surface area (Å²) in [5.41, 5.74) is 1.68. The average Bonchev–Trinajstić information content (AvgIpc) is 2.25. The second-order valence-electron chi connectivity index (χ2n) is 3.68. The molecular formula is C13H11FINO. The quantitative estimate of drug-likeness (QED) is 0.832. The number of benzene rings is 2. The van der Waals surface area contributed by atoms with E-state index in [1.54, 1.807) is 6.07 Å². The molecule has 0 aliphatic rings. The molecule has 0 aromatic heterocycles. The summed E-state index contributed by atoms with van der Waals surface area (Å²) in [4.78, 5) is 0. The Morgan fingerprint density at radius 3 is 2.71 bits per heavy atom. The van der Waals surface area contributed by atoms with Crippen molar-refractivity contribution in [1.82, 2.24) is 0 Å². The van der Waals surface area contributed by atoms with Gasteiger partial charge in [-0.15, -0.1) is 0 Å². The fraction of sp³-hybridized carbons (Fsp3) is 0.0769. The van der Waals surface area contributed by atoms with E-state index in [9.17, 15) is 9.50 Å². The Balaban J connectivity index is 2.07. The number of phenolic OH excluding ortho intramolecular Hbond substituents is 1. The van der Waals surface area contributed by atoms with Crippen LogP contribution in [0.2, 0.25) is 0 Å². The third-order valence-electron chi connectivity index (χ3n) is 2.26. The highest BCUT2D eigenvalue weighted by Gasteiger charge is 2.00. The molecule has 0 fully saturated rings. The van der Waals surface area contributed by atoms with E-state index < -0.39 is 5.82 Å². The van der Waals surface area contributed by atoms with Crippen LogP contribution in [0, 0.1) is 9.39 Å². The van der Waals surface area contributed by atoms with E-state index in [4.69, 9.17) is 0 Å². The topological polar surface area (TPSA) is 32.3 Å². The summed E-state index contributed by atoms with van der Waals surface area (Å²) < 4.78 is 14.2. The van der Waals surface area contributed by atoms with Crippen LogP contribution in [-0.4, -0.2) is 5.11 Å². The van der Waals surface area contributed by atoms with Crippen LogP contribution < -0.4 is 5.32 Å². The van der Waals surface area contributed by atoms with Gasteiger partial charge in [0.15, 0.2) is 0 Å². The van der Waals surface area contributed by atoms with Crippen molar-refractivity contribution in [1.29, 1.82) is 0 Å². The molecule has 0 radical (unpaired) electrons. The molecule has 88 valence electrons. The normalized spacial score (nSPS) is 10.2. The number of halogens is 2. The van der Waals surface area contributed by atoms with Gasteiger partial charge in [0.2, 0.25) is 0 Å². The van der Waals surface area contributed by atoms with Crippen molar-refractivity contribution < 1.29 is 9.50 Å². The van der Waals surface area contributed by atoms with E-state index in [-0.39, 0.29) is 5.75 Å². The maximum absolute atomic E-state index is 13.0. The van der Waals surface area contributed by atoms with E-state index in [0.717, 1.165) is 15.3 Å². The Morgan fingerprint density at radius 2 is 2.00 bits per heavy atom. The highest BCUT2D eigenvalue weighted by atomic mass is 127. The zero-order valence-corrected chi connectivity index (χ0v) is 11.1. The fourth-order valence-corrected chi connectivity index (χ4v) is 2.08. The van der Waals surface area contributed by atoms with E-state index in [1.807, 2.05) is 24.3 Å². The van der Waals surface area contributed by atoms with Crippen LogP contribution in [0.25, 0.3) is 0 Å². The molecule has 0 saturated carbocycles. The standard InChI is InChI=1S/C13H11FINO/c14-10-4-9(5-13(17)6-10)8-16-12-3-1-2-11(15)7-12/h1-7,16-17H,8H2. The maximum atomic E-state index is 13.0. The lowest BCUT2D eigenvalue weighted by Gasteiger charge is -2.07. The van der Waals surface area contributed by atoms with Crippen molar-refractivity contribution in [3.05, 3.63) is 57.4 Å². The Bertz CT molecular complexity index is 510. The first kappa shape index (κ1) is 12.2. The minimum absolute atomic E-state index is 0.0514. The first-order valence-corrected chi connectivity index (χ1v) is 6.19. The third-order valence-corrected chi connectivity index (χ3v) is 2.93. The van der Waals surface area contributed by atoms with Crippen molar-refractivity contribution in [2.45, 2.75) is 6.54 Å². The van der Waals surface area contributed by atoms with E-state index in [0.29, 0.717) is 12.1 Å². The number of hydrogen-bond donors (Lipinski definition) is 2. The Labute approximate surface area is 113 Å². The molecule has 2 aromatic carbocycles. The van der Waals surface area contributed by atoms with Crippen LogP contribution in [0.4, 0.5) is 10.1 Å². The van der Waals surface area contributed by atoms with Crippen molar-refractivity contribution in [3.8, 4) is 5.75 Å². The summed E-state index contributed by atoms with van der Waals surface area (Å²) in [6.45, 7) is 0.478. The average molecular weight is 343 g/mol. The van der Waals surface area contributed by atoms with Gasteiger partial charge in [-0.3, -0.25) is 0 Å². The highest BCUT2D eigenvalue weighted by Crippen LogP contribution is 2.17. The first-order chi connectivity index (χ1) is 8.13. The number of aromatic hydroxyl groups is 1. The minimum Gasteiger partial charge on any atom is -0.508 e. The molecule has 0 atom stereocenters. The third kappa shape index (κ3) is 3.59. The van der Waals surface area contributed by atoms with E-state index >= 15 is 0 Å². The van der Waals surface area contributed by atoms with E-state index in [1.165, 1.54) is 6.07 Å². The molecule has 0 aliphatic heterocycles. The molecule has 2 rings (SSSR count). The zero-order valence-electron chi connectivity index (χ0n) is 8.95. The molecule has 0 aliphatic carbocycles. The number of phenols is 1. The van der Waals surface area contributed by atoms with Crippen molar-refractivity contribution in [2.24, 2.45) is 0 Å². The molecule has 0 bridgehead atoms. The molecule has 17 heavy (non-hydrogen) atoms. The van der Waals surface area contributed by atoms with Gasteiger partial charge in [-0.05, 0) is 58.5 Å². The number of hydrogen-bond acceptors (Lipinski definition) is 2. The summed E-state index contributed by atoms with van der Waals surface area (Å²) in [5.74, 6) is -0.478. The summed E-state index contributed by atoms with van der Waals surface area (Å²) in [6, 6.07) is 11.9. The Morgan fingerprint density at radius 1 is 1.18 bits per heavy atom. The van der Waals surface area contributed by atoms with Crippen molar-refractivity contribution in [2.75, 3.05) is 5.32 Å². The van der Waals surface area contributed by atoms with Gasteiger partial charge in [0.1, 0.15) is 11.6 Å². The second-order valence-corrected chi connectivity index (χ2v) is 4.93. The van der Waals surface area contributed by atoms with Gasteiger partial charge >= 0.3 is 0 Å². The SMILES string of the molecule is Oc1cc(F)cc(CNc2cccc(I)c2)c1. The predicted molar refractivity (Wildman–Crippen MR) is 74.6 cm³/mol. The number of anilines is 1. The minimum atomic E-state index is -0.426. The molecule has 0 amide bonds. The molecule has 0 heterocycles. The molecule has 2 aromatic rings. The lowest BCUT2D eigenvalue weighted by Crippen LogP contribution is -1.99. The molecule has 2 nitrogen and oxygen atoms in total. The second kappa shape index (κ2) is 5.35. The molecule has 0 saturated heterocycles. The van der Waals surface area contributed by atoms with Gasteiger partial charge in [0.25, 0.3) is 0 Å². The van der Waals surface area contributed by atoms with Crippen LogP contribution >= 0.6 is 22.6 Å². The van der Waals surface area contributed by atoms with Gasteiger partial charge in [-0.25, -0.2) is 4.39 Å². The van der Waals surface area contributed by atoms with Gasteiger partial charge < -0.3 is 10.4 Å². The van der Waals surface area contributed by atoms with Crippen molar-refractivity contribution in [3.63, 3.8) is 0 Å². The molecule has 0 spiro atoms. The molecule has 4 heteroatoms. The summed E-state index contributed by atoms with van der Waals surface area (Å²) >= 11 is 2.23. The molecule has 0 unspecified atom stereocenters.